The van der Waals surface area contributed by atoms with Gasteiger partial charge in [0, 0.05) is 37.5 Å². The van der Waals surface area contributed by atoms with Crippen LogP contribution >= 0.6 is 0 Å². The number of aromatic nitrogens is 4. The predicted molar refractivity (Wildman–Crippen MR) is 89.9 cm³/mol. The van der Waals surface area contributed by atoms with Gasteiger partial charge in [0.2, 0.25) is 0 Å². The lowest BCUT2D eigenvalue weighted by molar-refractivity contribution is -0.141. The minimum Gasteiger partial charge on any atom is -0.354 e. The van der Waals surface area contributed by atoms with E-state index in [0.29, 0.717) is 24.8 Å². The van der Waals surface area contributed by atoms with Gasteiger partial charge in [-0.1, -0.05) is 0 Å². The Balaban J connectivity index is 1.58. The molecule has 2 aliphatic rings. The van der Waals surface area contributed by atoms with E-state index < -0.39 is 11.9 Å². The summed E-state index contributed by atoms with van der Waals surface area (Å²) in [5, 5.41) is 0. The Hall–Kier alpha value is -2.45. The quantitative estimate of drug-likeness (QED) is 0.817. The number of hydrogen-bond donors (Lipinski definition) is 0. The van der Waals surface area contributed by atoms with E-state index in [-0.39, 0.29) is 6.04 Å². The molecule has 138 valence electrons. The zero-order valence-corrected chi connectivity index (χ0v) is 14.3. The van der Waals surface area contributed by atoms with Gasteiger partial charge in [-0.05, 0) is 25.7 Å². The van der Waals surface area contributed by atoms with Crippen LogP contribution in [-0.4, -0.2) is 45.6 Å². The third-order valence-corrected chi connectivity index (χ3v) is 5.21. The van der Waals surface area contributed by atoms with Crippen molar-refractivity contribution < 1.29 is 13.2 Å². The highest BCUT2D eigenvalue weighted by Crippen LogP contribution is 2.37. The van der Waals surface area contributed by atoms with Gasteiger partial charge in [0.15, 0.2) is 0 Å². The van der Waals surface area contributed by atoms with Crippen molar-refractivity contribution in [3.05, 3.63) is 36.2 Å². The highest BCUT2D eigenvalue weighted by molar-refractivity contribution is 5.46. The van der Waals surface area contributed by atoms with Gasteiger partial charge in [0.25, 0.3) is 0 Å². The SMILES string of the molecule is Cc1cc(N2CCC3CCN(c4cc(C(F)(F)F)ncn4)C3C2)ncn1. The van der Waals surface area contributed by atoms with Crippen LogP contribution in [0.1, 0.15) is 24.2 Å². The Morgan fingerprint density at radius 2 is 1.69 bits per heavy atom. The minimum atomic E-state index is -4.46. The lowest BCUT2D eigenvalue weighted by Crippen LogP contribution is -2.49. The summed E-state index contributed by atoms with van der Waals surface area (Å²) in [6.45, 7) is 4.23. The Kier molecular flexibility index (Phi) is 4.16. The van der Waals surface area contributed by atoms with E-state index in [4.69, 9.17) is 0 Å². The first-order chi connectivity index (χ1) is 12.4. The number of hydrogen-bond acceptors (Lipinski definition) is 6. The summed E-state index contributed by atoms with van der Waals surface area (Å²) in [5.41, 5.74) is -0.00365. The third kappa shape index (κ3) is 3.17. The van der Waals surface area contributed by atoms with Crippen LogP contribution in [-0.2, 0) is 6.18 Å². The van der Waals surface area contributed by atoms with Crippen LogP contribution in [0.2, 0.25) is 0 Å². The first-order valence-corrected chi connectivity index (χ1v) is 8.61. The van der Waals surface area contributed by atoms with Crippen molar-refractivity contribution in [1.82, 2.24) is 19.9 Å². The standard InChI is InChI=1S/C17H19F3N6/c1-11-6-15(23-9-21-11)25-4-2-12-3-5-26(13(12)8-25)16-7-14(17(18,19)20)22-10-24-16/h6-7,9-10,12-13H,2-5,8H2,1H3. The van der Waals surface area contributed by atoms with E-state index in [0.717, 1.165) is 43.3 Å². The molecule has 4 rings (SSSR count). The molecule has 2 unspecified atom stereocenters. The molecule has 26 heavy (non-hydrogen) atoms. The molecule has 2 aromatic heterocycles. The number of alkyl halides is 3. The molecule has 6 nitrogen and oxygen atoms in total. The summed E-state index contributed by atoms with van der Waals surface area (Å²) >= 11 is 0. The second-order valence-electron chi connectivity index (χ2n) is 6.82. The van der Waals surface area contributed by atoms with Crippen molar-refractivity contribution in [2.75, 3.05) is 29.4 Å². The van der Waals surface area contributed by atoms with Gasteiger partial charge in [0.05, 0.1) is 6.04 Å². The van der Waals surface area contributed by atoms with E-state index in [9.17, 15) is 13.2 Å². The zero-order valence-electron chi connectivity index (χ0n) is 14.3. The Morgan fingerprint density at radius 1 is 0.962 bits per heavy atom. The van der Waals surface area contributed by atoms with Crippen LogP contribution in [0.5, 0.6) is 0 Å². The molecule has 2 aliphatic heterocycles. The molecule has 0 aliphatic carbocycles. The largest absolute Gasteiger partial charge is 0.433 e. The summed E-state index contributed by atoms with van der Waals surface area (Å²) < 4.78 is 38.9. The monoisotopic (exact) mass is 364 g/mol. The number of fused-ring (bicyclic) bond motifs is 1. The number of aryl methyl sites for hydroxylation is 1. The van der Waals surface area contributed by atoms with Crippen molar-refractivity contribution in [3.63, 3.8) is 0 Å². The Bertz CT molecular complexity index is 796. The van der Waals surface area contributed by atoms with Crippen LogP contribution in [0.15, 0.2) is 24.8 Å². The lowest BCUT2D eigenvalue weighted by Gasteiger charge is -2.39. The Morgan fingerprint density at radius 3 is 2.46 bits per heavy atom. The number of anilines is 2. The average molecular weight is 364 g/mol. The number of nitrogens with zero attached hydrogens (tertiary/aromatic N) is 6. The van der Waals surface area contributed by atoms with E-state index in [1.807, 2.05) is 17.9 Å². The first kappa shape index (κ1) is 17.0. The predicted octanol–water partition coefficient (Wildman–Crippen LogP) is 2.70. The fraction of sp³-hybridized carbons (Fsp3) is 0.529. The van der Waals surface area contributed by atoms with Crippen molar-refractivity contribution in [1.29, 1.82) is 0 Å². The normalized spacial score (nSPS) is 23.2. The number of rotatable bonds is 2. The minimum absolute atomic E-state index is 0.120. The van der Waals surface area contributed by atoms with Crippen LogP contribution in [0.25, 0.3) is 0 Å². The molecular weight excluding hydrogens is 345 g/mol. The molecular formula is C17H19F3N6. The molecule has 0 bridgehead atoms. The van der Waals surface area contributed by atoms with E-state index in [1.54, 1.807) is 6.33 Å². The molecule has 0 spiro atoms. The van der Waals surface area contributed by atoms with Crippen LogP contribution in [0.3, 0.4) is 0 Å². The topological polar surface area (TPSA) is 58.0 Å². The van der Waals surface area contributed by atoms with Crippen molar-refractivity contribution in [3.8, 4) is 0 Å². The molecule has 0 radical (unpaired) electrons. The smallest absolute Gasteiger partial charge is 0.354 e. The van der Waals surface area contributed by atoms with Gasteiger partial charge in [-0.3, -0.25) is 0 Å². The molecule has 2 fully saturated rings. The maximum absolute atomic E-state index is 13.0. The molecule has 4 heterocycles. The van der Waals surface area contributed by atoms with Gasteiger partial charge in [0.1, 0.15) is 30.0 Å². The van der Waals surface area contributed by atoms with Gasteiger partial charge < -0.3 is 9.80 Å². The summed E-state index contributed by atoms with van der Waals surface area (Å²) in [5.74, 6) is 1.67. The molecule has 0 amide bonds. The van der Waals surface area contributed by atoms with Crippen molar-refractivity contribution in [2.45, 2.75) is 32.0 Å². The summed E-state index contributed by atoms with van der Waals surface area (Å²) in [4.78, 5) is 20.1. The van der Waals surface area contributed by atoms with Crippen molar-refractivity contribution in [2.24, 2.45) is 5.92 Å². The summed E-state index contributed by atoms with van der Waals surface area (Å²) in [6.07, 6.45) is 0.0328. The Labute approximate surface area is 149 Å². The lowest BCUT2D eigenvalue weighted by atomic mass is 9.92. The second-order valence-corrected chi connectivity index (χ2v) is 6.82. The molecule has 2 atom stereocenters. The van der Waals surface area contributed by atoms with Crippen LogP contribution < -0.4 is 9.80 Å². The molecule has 0 saturated carbocycles. The average Bonchev–Trinajstić information content (AvgIpc) is 3.04. The molecule has 2 saturated heterocycles. The van der Waals surface area contributed by atoms with Gasteiger partial charge in [-0.25, -0.2) is 19.9 Å². The number of piperidine rings is 1. The van der Waals surface area contributed by atoms with Gasteiger partial charge in [-0.2, -0.15) is 13.2 Å². The fourth-order valence-corrected chi connectivity index (χ4v) is 3.91. The van der Waals surface area contributed by atoms with Crippen LogP contribution in [0.4, 0.5) is 24.8 Å². The third-order valence-electron chi connectivity index (χ3n) is 5.21. The van der Waals surface area contributed by atoms with Crippen molar-refractivity contribution >= 4 is 11.6 Å². The first-order valence-electron chi connectivity index (χ1n) is 8.61. The zero-order chi connectivity index (χ0) is 18.3. The van der Waals surface area contributed by atoms with Gasteiger partial charge >= 0.3 is 6.18 Å². The van der Waals surface area contributed by atoms with E-state index >= 15 is 0 Å². The van der Waals surface area contributed by atoms with E-state index in [2.05, 4.69) is 24.8 Å². The van der Waals surface area contributed by atoms with E-state index in [1.165, 1.54) is 0 Å². The molecule has 9 heteroatoms. The summed E-state index contributed by atoms with van der Waals surface area (Å²) in [6, 6.07) is 3.11. The summed E-state index contributed by atoms with van der Waals surface area (Å²) in [7, 11) is 0. The molecule has 0 N–H and O–H groups in total. The highest BCUT2D eigenvalue weighted by Gasteiger charge is 2.40. The fourth-order valence-electron chi connectivity index (χ4n) is 3.91. The molecule has 2 aromatic rings. The van der Waals surface area contributed by atoms with Crippen LogP contribution in [0, 0.1) is 12.8 Å². The maximum Gasteiger partial charge on any atom is 0.433 e. The van der Waals surface area contributed by atoms with Gasteiger partial charge in [-0.15, -0.1) is 0 Å². The molecule has 0 aromatic carbocycles. The maximum atomic E-state index is 13.0. The highest BCUT2D eigenvalue weighted by atomic mass is 19.4. The number of halogens is 3. The second kappa shape index (κ2) is 6.37.